The largest absolute Gasteiger partial charge is 0.453 e. The third kappa shape index (κ3) is 4.98. The third-order valence-electron chi connectivity index (χ3n) is 4.64. The Bertz CT molecular complexity index is 1150. The van der Waals surface area contributed by atoms with Gasteiger partial charge >= 0.3 is 6.18 Å². The van der Waals surface area contributed by atoms with Gasteiger partial charge in [0, 0.05) is 23.5 Å². The average Bonchev–Trinajstić information content (AvgIpc) is 3.22. The Morgan fingerprint density at radius 1 is 1.03 bits per heavy atom. The maximum absolute atomic E-state index is 12.9. The summed E-state index contributed by atoms with van der Waals surface area (Å²) in [6, 6.07) is 1.83. The maximum atomic E-state index is 12.9. The zero-order chi connectivity index (χ0) is 22.9. The fourth-order valence-electron chi connectivity index (χ4n) is 3.14. The molecule has 0 atom stereocenters. The van der Waals surface area contributed by atoms with E-state index in [0.717, 1.165) is 15.9 Å². The van der Waals surface area contributed by atoms with Crippen molar-refractivity contribution in [1.82, 2.24) is 40.2 Å². The van der Waals surface area contributed by atoms with Crippen molar-refractivity contribution in [3.8, 4) is 0 Å². The maximum Gasteiger partial charge on any atom is 0.453 e. The molecule has 2 N–H and O–H groups in total. The van der Waals surface area contributed by atoms with E-state index in [9.17, 15) is 22.8 Å². The smallest absolute Gasteiger partial charge is 0.273 e. The Morgan fingerprint density at radius 3 is 2.32 bits per heavy atom. The molecule has 0 bridgehead atoms. The fraction of sp³-hybridized carbons (Fsp3) is 0.444. The fourth-order valence-corrected chi connectivity index (χ4v) is 3.14. The molecule has 0 aliphatic rings. The van der Waals surface area contributed by atoms with Gasteiger partial charge in [0.1, 0.15) is 6.54 Å². The van der Waals surface area contributed by atoms with Crippen molar-refractivity contribution in [2.45, 2.75) is 53.3 Å². The highest BCUT2D eigenvalue weighted by Crippen LogP contribution is 2.27. The topological polar surface area (TPSA) is 119 Å². The Kier molecular flexibility index (Phi) is 5.95. The normalized spacial score (nSPS) is 11.7. The molecule has 3 rings (SSSR count). The van der Waals surface area contributed by atoms with E-state index in [0.29, 0.717) is 17.0 Å². The lowest BCUT2D eigenvalue weighted by atomic mass is 10.1. The number of fused-ring (bicyclic) bond motifs is 1. The molecule has 3 aromatic rings. The zero-order valence-electron chi connectivity index (χ0n) is 17.3. The third-order valence-corrected chi connectivity index (χ3v) is 4.64. The number of hydrogen-bond donors (Lipinski definition) is 2. The molecule has 3 heterocycles. The molecular weight excluding hydrogens is 417 g/mol. The number of aryl methyl sites for hydroxylation is 4. The summed E-state index contributed by atoms with van der Waals surface area (Å²) in [5, 5.41) is 7.64. The molecule has 2 amide bonds. The zero-order valence-corrected chi connectivity index (χ0v) is 17.3. The number of hydrazine groups is 1. The van der Waals surface area contributed by atoms with Crippen LogP contribution in [0.1, 0.15) is 40.6 Å². The summed E-state index contributed by atoms with van der Waals surface area (Å²) in [7, 11) is 0. The van der Waals surface area contributed by atoms with Gasteiger partial charge in [-0.25, -0.2) is 9.50 Å². The number of amides is 2. The molecule has 166 valence electrons. The second kappa shape index (κ2) is 8.32. The van der Waals surface area contributed by atoms with E-state index >= 15 is 0 Å². The number of rotatable bonds is 5. The van der Waals surface area contributed by atoms with Gasteiger partial charge in [0.2, 0.25) is 5.91 Å². The SMILES string of the molecule is Cc1cc(C)n(CC(=O)NNC(=O)CCc2c(C)nc3nc(C(F)(F)F)nn3c2C)n1. The second-order valence-electron chi connectivity index (χ2n) is 7.09. The summed E-state index contributed by atoms with van der Waals surface area (Å²) >= 11 is 0. The summed E-state index contributed by atoms with van der Waals surface area (Å²) in [4.78, 5) is 31.6. The van der Waals surface area contributed by atoms with Crippen LogP contribution in [-0.4, -0.2) is 41.2 Å². The molecule has 31 heavy (non-hydrogen) atoms. The predicted molar refractivity (Wildman–Crippen MR) is 102 cm³/mol. The summed E-state index contributed by atoms with van der Waals surface area (Å²) < 4.78 is 41.1. The summed E-state index contributed by atoms with van der Waals surface area (Å²) in [5.74, 6) is -2.35. The molecule has 13 heteroatoms. The Balaban J connectivity index is 1.60. The Morgan fingerprint density at radius 2 is 1.71 bits per heavy atom. The summed E-state index contributed by atoms with van der Waals surface area (Å²) in [6.45, 7) is 6.78. The summed E-state index contributed by atoms with van der Waals surface area (Å²) in [5.41, 5.74) is 7.66. The molecule has 0 unspecified atom stereocenters. The average molecular weight is 438 g/mol. The predicted octanol–water partition coefficient (Wildman–Crippen LogP) is 1.35. The number of carbonyl (C=O) groups is 2. The van der Waals surface area contributed by atoms with Crippen molar-refractivity contribution in [3.63, 3.8) is 0 Å². The van der Waals surface area contributed by atoms with Crippen molar-refractivity contribution in [2.24, 2.45) is 0 Å². The Hall–Kier alpha value is -3.51. The van der Waals surface area contributed by atoms with Crippen LogP contribution >= 0.6 is 0 Å². The van der Waals surface area contributed by atoms with Gasteiger partial charge in [0.05, 0.1) is 5.69 Å². The first kappa shape index (κ1) is 22.2. The molecule has 0 aliphatic heterocycles. The summed E-state index contributed by atoms with van der Waals surface area (Å²) in [6.07, 6.45) is -4.50. The van der Waals surface area contributed by atoms with Crippen LogP contribution in [0.3, 0.4) is 0 Å². The number of nitrogens with one attached hydrogen (secondary N) is 2. The number of aromatic nitrogens is 6. The van der Waals surface area contributed by atoms with E-state index < -0.39 is 23.8 Å². The highest BCUT2D eigenvalue weighted by molar-refractivity contribution is 5.82. The molecule has 10 nitrogen and oxygen atoms in total. The lowest BCUT2D eigenvalue weighted by molar-refractivity contribution is -0.144. The number of alkyl halides is 3. The van der Waals surface area contributed by atoms with Crippen LogP contribution in [0.4, 0.5) is 13.2 Å². The number of carbonyl (C=O) groups excluding carboxylic acids is 2. The molecule has 0 saturated carbocycles. The molecule has 0 aromatic carbocycles. The van der Waals surface area contributed by atoms with E-state index in [-0.39, 0.29) is 25.2 Å². The monoisotopic (exact) mass is 438 g/mol. The molecule has 0 saturated heterocycles. The molecule has 0 aliphatic carbocycles. The first-order valence-corrected chi connectivity index (χ1v) is 9.34. The van der Waals surface area contributed by atoms with E-state index in [1.54, 1.807) is 13.8 Å². The minimum atomic E-state index is -4.68. The van der Waals surface area contributed by atoms with Crippen LogP contribution in [0.2, 0.25) is 0 Å². The number of hydrogen-bond acceptors (Lipinski definition) is 6. The van der Waals surface area contributed by atoms with Gasteiger partial charge in [0.25, 0.3) is 17.5 Å². The van der Waals surface area contributed by atoms with Crippen molar-refractivity contribution in [2.75, 3.05) is 0 Å². The van der Waals surface area contributed by atoms with Gasteiger partial charge < -0.3 is 0 Å². The van der Waals surface area contributed by atoms with Gasteiger partial charge in [0.15, 0.2) is 0 Å². The van der Waals surface area contributed by atoms with E-state index in [4.69, 9.17) is 0 Å². The van der Waals surface area contributed by atoms with Gasteiger partial charge in [-0.3, -0.25) is 25.1 Å². The van der Waals surface area contributed by atoms with Gasteiger partial charge in [-0.05, 0) is 45.7 Å². The van der Waals surface area contributed by atoms with Gasteiger partial charge in [-0.1, -0.05) is 0 Å². The second-order valence-corrected chi connectivity index (χ2v) is 7.09. The minimum Gasteiger partial charge on any atom is -0.273 e. The van der Waals surface area contributed by atoms with Crippen LogP contribution in [-0.2, 0) is 28.7 Å². The van der Waals surface area contributed by atoms with Crippen molar-refractivity contribution in [3.05, 3.63) is 40.2 Å². The highest BCUT2D eigenvalue weighted by Gasteiger charge is 2.37. The first-order chi connectivity index (χ1) is 14.5. The van der Waals surface area contributed by atoms with Crippen molar-refractivity contribution < 1.29 is 22.8 Å². The highest BCUT2D eigenvalue weighted by atomic mass is 19.4. The molecule has 0 radical (unpaired) electrons. The van der Waals surface area contributed by atoms with E-state index in [2.05, 4.69) is 31.0 Å². The van der Waals surface area contributed by atoms with Crippen LogP contribution in [0.15, 0.2) is 6.07 Å². The van der Waals surface area contributed by atoms with E-state index in [1.807, 2.05) is 19.9 Å². The van der Waals surface area contributed by atoms with Crippen LogP contribution < -0.4 is 10.9 Å². The van der Waals surface area contributed by atoms with Crippen LogP contribution in [0, 0.1) is 27.7 Å². The van der Waals surface area contributed by atoms with E-state index in [1.165, 1.54) is 4.68 Å². The van der Waals surface area contributed by atoms with Crippen LogP contribution in [0.25, 0.3) is 5.78 Å². The number of halogens is 3. The first-order valence-electron chi connectivity index (χ1n) is 9.34. The number of nitrogens with zero attached hydrogens (tertiary/aromatic N) is 6. The quantitative estimate of drug-likeness (QED) is 0.581. The lowest BCUT2D eigenvalue weighted by Crippen LogP contribution is -2.43. The molecule has 3 aromatic heterocycles. The lowest BCUT2D eigenvalue weighted by Gasteiger charge is -2.11. The standard InChI is InChI=1S/C18H21F3N8O2/c1-9-7-10(2)28(26-9)8-15(31)25-24-14(30)6-5-13-11(3)22-17-23-16(18(19,20)21)27-29(17)12(13)4/h7H,5-6,8H2,1-4H3,(H,24,30)(H,25,31). The molecular formula is C18H21F3N8O2. The minimum absolute atomic E-state index is 0.0180. The Labute approximate surface area is 174 Å². The van der Waals surface area contributed by atoms with Gasteiger partial charge in [-0.2, -0.15) is 23.3 Å². The molecule has 0 fully saturated rings. The van der Waals surface area contributed by atoms with Crippen molar-refractivity contribution in [1.29, 1.82) is 0 Å². The van der Waals surface area contributed by atoms with Gasteiger partial charge in [-0.15, -0.1) is 5.10 Å². The molecule has 0 spiro atoms. The van der Waals surface area contributed by atoms with Crippen molar-refractivity contribution >= 4 is 17.6 Å². The van der Waals surface area contributed by atoms with Crippen LogP contribution in [0.5, 0.6) is 0 Å².